The van der Waals surface area contributed by atoms with E-state index in [2.05, 4.69) is 0 Å². The van der Waals surface area contributed by atoms with Crippen molar-refractivity contribution >= 4 is 17.7 Å². The highest BCUT2D eigenvalue weighted by molar-refractivity contribution is 5.89. The summed E-state index contributed by atoms with van der Waals surface area (Å²) in [6.45, 7) is 0.287. The molecule has 5 N–H and O–H groups in total. The lowest BCUT2D eigenvalue weighted by molar-refractivity contribution is -0.172. The molecular weight excluding hydrogens is 319 g/mol. The Bertz CT molecular complexity index is 470. The molecule has 1 aliphatic rings. The minimum absolute atomic E-state index is 0.0283. The average Bonchev–Trinajstić information content (AvgIpc) is 2.93. The zero-order valence-corrected chi connectivity index (χ0v) is 12.4. The van der Waals surface area contributed by atoms with E-state index in [4.69, 9.17) is 16.6 Å². The van der Waals surface area contributed by atoms with Crippen molar-refractivity contribution in [2.24, 2.45) is 11.5 Å². The summed E-state index contributed by atoms with van der Waals surface area (Å²) in [5.41, 5.74) is 10.8. The number of carbonyl (C=O) groups excluding carboxylic acids is 2. The van der Waals surface area contributed by atoms with Crippen molar-refractivity contribution < 1.29 is 32.7 Å². The molecule has 0 aromatic carbocycles. The Morgan fingerprint density at radius 2 is 1.74 bits per heavy atom. The SMILES string of the molecule is NC(CCC[C@H](N)C(=O)N1CCC[C@H]1C(=O)O)C(=O)C(F)(F)F. The van der Waals surface area contributed by atoms with Gasteiger partial charge in [0, 0.05) is 6.54 Å². The zero-order chi connectivity index (χ0) is 17.8. The number of aliphatic carboxylic acids is 1. The highest BCUT2D eigenvalue weighted by atomic mass is 19.4. The van der Waals surface area contributed by atoms with Crippen molar-refractivity contribution in [2.45, 2.75) is 56.4 Å². The first-order chi connectivity index (χ1) is 10.6. The summed E-state index contributed by atoms with van der Waals surface area (Å²) in [5.74, 6) is -3.67. The lowest BCUT2D eigenvalue weighted by Gasteiger charge is -2.25. The lowest BCUT2D eigenvalue weighted by Crippen LogP contribution is -2.48. The molecule has 10 heteroatoms. The number of halogens is 3. The van der Waals surface area contributed by atoms with Gasteiger partial charge < -0.3 is 21.5 Å². The van der Waals surface area contributed by atoms with Gasteiger partial charge in [-0.15, -0.1) is 0 Å². The van der Waals surface area contributed by atoms with Crippen LogP contribution >= 0.6 is 0 Å². The summed E-state index contributed by atoms with van der Waals surface area (Å²) in [6, 6.07) is -3.62. The van der Waals surface area contributed by atoms with E-state index in [0.29, 0.717) is 12.8 Å². The van der Waals surface area contributed by atoms with Gasteiger partial charge in [0.2, 0.25) is 5.91 Å². The molecule has 0 aromatic rings. The Morgan fingerprint density at radius 3 is 2.26 bits per heavy atom. The number of carbonyl (C=O) groups is 3. The van der Waals surface area contributed by atoms with Crippen molar-refractivity contribution in [3.05, 3.63) is 0 Å². The number of likely N-dealkylation sites (tertiary alicyclic amines) is 1. The molecular formula is C13H20F3N3O4. The molecule has 1 fully saturated rings. The van der Waals surface area contributed by atoms with Crippen LogP contribution in [0, 0.1) is 0 Å². The van der Waals surface area contributed by atoms with E-state index < -0.39 is 42.0 Å². The van der Waals surface area contributed by atoms with Crippen molar-refractivity contribution in [3.63, 3.8) is 0 Å². The quantitative estimate of drug-likeness (QED) is 0.600. The molecule has 0 spiro atoms. The summed E-state index contributed by atoms with van der Waals surface area (Å²) in [5, 5.41) is 9.01. The zero-order valence-electron chi connectivity index (χ0n) is 12.4. The molecule has 0 saturated carbocycles. The number of carboxylic acids is 1. The average molecular weight is 339 g/mol. The van der Waals surface area contributed by atoms with E-state index in [-0.39, 0.29) is 25.8 Å². The molecule has 0 bridgehead atoms. The first kappa shape index (κ1) is 19.4. The van der Waals surface area contributed by atoms with Crippen LogP contribution in [0.2, 0.25) is 0 Å². The minimum Gasteiger partial charge on any atom is -0.480 e. The molecule has 1 amide bonds. The van der Waals surface area contributed by atoms with Crippen molar-refractivity contribution in [1.82, 2.24) is 4.90 Å². The van der Waals surface area contributed by atoms with E-state index in [9.17, 15) is 27.6 Å². The fourth-order valence-corrected chi connectivity index (χ4v) is 2.52. The number of alkyl halides is 3. The van der Waals surface area contributed by atoms with Gasteiger partial charge in [-0.2, -0.15) is 13.2 Å². The van der Waals surface area contributed by atoms with E-state index in [1.165, 1.54) is 4.90 Å². The molecule has 0 radical (unpaired) electrons. The van der Waals surface area contributed by atoms with Crippen LogP contribution < -0.4 is 11.5 Å². The predicted molar refractivity (Wildman–Crippen MR) is 73.2 cm³/mol. The standard InChI is InChI=1S/C13H20F3N3O4/c14-13(15,16)10(20)7(17)3-1-4-8(18)11(21)19-6-2-5-9(19)12(22)23/h7-9H,1-6,17-18H2,(H,22,23)/t7?,8-,9-/m0/s1. The van der Waals surface area contributed by atoms with E-state index in [1.54, 1.807) is 0 Å². The second kappa shape index (κ2) is 7.73. The first-order valence-electron chi connectivity index (χ1n) is 7.21. The van der Waals surface area contributed by atoms with Crippen molar-refractivity contribution in [2.75, 3.05) is 6.54 Å². The third-order valence-corrected chi connectivity index (χ3v) is 3.78. The molecule has 1 unspecified atom stereocenters. The Morgan fingerprint density at radius 1 is 1.17 bits per heavy atom. The summed E-state index contributed by atoms with van der Waals surface area (Å²) in [6.07, 6.45) is -4.25. The molecule has 0 aliphatic carbocycles. The van der Waals surface area contributed by atoms with Crippen LogP contribution in [0.25, 0.3) is 0 Å². The molecule has 3 atom stereocenters. The van der Waals surface area contributed by atoms with Gasteiger partial charge in [0.25, 0.3) is 5.78 Å². The summed E-state index contributed by atoms with van der Waals surface area (Å²) in [7, 11) is 0. The molecule has 1 rings (SSSR count). The van der Waals surface area contributed by atoms with Crippen LogP contribution in [0.1, 0.15) is 32.1 Å². The fourth-order valence-electron chi connectivity index (χ4n) is 2.52. The smallest absolute Gasteiger partial charge is 0.451 e. The second-order valence-electron chi connectivity index (χ2n) is 5.53. The van der Waals surface area contributed by atoms with Gasteiger partial charge in [-0.3, -0.25) is 9.59 Å². The third kappa shape index (κ3) is 5.17. The predicted octanol–water partition coefficient (Wildman–Crippen LogP) is 0.0183. The van der Waals surface area contributed by atoms with Gasteiger partial charge in [0.1, 0.15) is 6.04 Å². The number of hydrogen-bond acceptors (Lipinski definition) is 5. The van der Waals surface area contributed by atoms with Gasteiger partial charge in [-0.1, -0.05) is 0 Å². The van der Waals surface area contributed by atoms with Crippen LogP contribution in [0.5, 0.6) is 0 Å². The van der Waals surface area contributed by atoms with E-state index >= 15 is 0 Å². The van der Waals surface area contributed by atoms with Gasteiger partial charge in [-0.05, 0) is 32.1 Å². The Kier molecular flexibility index (Phi) is 6.51. The maximum Gasteiger partial charge on any atom is 0.451 e. The maximum absolute atomic E-state index is 12.2. The monoisotopic (exact) mass is 339 g/mol. The van der Waals surface area contributed by atoms with E-state index in [1.807, 2.05) is 0 Å². The molecule has 7 nitrogen and oxygen atoms in total. The minimum atomic E-state index is -4.98. The molecule has 1 saturated heterocycles. The number of nitrogens with zero attached hydrogens (tertiary/aromatic N) is 1. The lowest BCUT2D eigenvalue weighted by atomic mass is 10.0. The molecule has 23 heavy (non-hydrogen) atoms. The first-order valence-corrected chi connectivity index (χ1v) is 7.21. The van der Waals surface area contributed by atoms with Crippen LogP contribution in [-0.4, -0.2) is 58.5 Å². The van der Waals surface area contributed by atoms with Crippen LogP contribution in [0.3, 0.4) is 0 Å². The molecule has 132 valence electrons. The number of carboxylic acid groups (broad SMARTS) is 1. The van der Waals surface area contributed by atoms with Crippen molar-refractivity contribution in [3.8, 4) is 0 Å². The Hall–Kier alpha value is -1.68. The molecule has 1 heterocycles. The van der Waals surface area contributed by atoms with Crippen LogP contribution in [0.4, 0.5) is 13.2 Å². The highest BCUT2D eigenvalue weighted by Gasteiger charge is 2.41. The number of ketones is 1. The summed E-state index contributed by atoms with van der Waals surface area (Å²) < 4.78 is 36.5. The largest absolute Gasteiger partial charge is 0.480 e. The fraction of sp³-hybridized carbons (Fsp3) is 0.769. The molecule has 0 aromatic heterocycles. The third-order valence-electron chi connectivity index (χ3n) is 3.78. The number of hydrogen-bond donors (Lipinski definition) is 3. The number of rotatable bonds is 7. The Labute approximate surface area is 130 Å². The van der Waals surface area contributed by atoms with Gasteiger partial charge >= 0.3 is 12.1 Å². The summed E-state index contributed by atoms with van der Waals surface area (Å²) in [4.78, 5) is 35.2. The number of amides is 1. The van der Waals surface area contributed by atoms with Gasteiger partial charge in [0.05, 0.1) is 12.1 Å². The highest BCUT2D eigenvalue weighted by Crippen LogP contribution is 2.21. The van der Waals surface area contributed by atoms with Gasteiger partial charge in [0.15, 0.2) is 0 Å². The van der Waals surface area contributed by atoms with Crippen LogP contribution in [0.15, 0.2) is 0 Å². The normalized spacial score (nSPS) is 21.1. The number of nitrogens with two attached hydrogens (primary N) is 2. The maximum atomic E-state index is 12.2. The van der Waals surface area contributed by atoms with Crippen molar-refractivity contribution in [1.29, 1.82) is 0 Å². The van der Waals surface area contributed by atoms with Crippen LogP contribution in [-0.2, 0) is 14.4 Å². The van der Waals surface area contributed by atoms with E-state index in [0.717, 1.165) is 0 Å². The second-order valence-corrected chi connectivity index (χ2v) is 5.53. The van der Waals surface area contributed by atoms with Gasteiger partial charge in [-0.25, -0.2) is 4.79 Å². The number of Topliss-reactive ketones (excluding diaryl/α,β-unsaturated/α-hetero) is 1. The molecule has 1 aliphatic heterocycles. The summed E-state index contributed by atoms with van der Waals surface area (Å²) >= 11 is 0. The topological polar surface area (TPSA) is 127 Å². The Balaban J connectivity index is 2.45.